The third-order valence-electron chi connectivity index (χ3n) is 2.27. The van der Waals surface area contributed by atoms with Gasteiger partial charge >= 0.3 is 6.18 Å². The zero-order chi connectivity index (χ0) is 12.3. The molecule has 0 atom stereocenters. The van der Waals surface area contributed by atoms with E-state index in [0.717, 1.165) is 12.1 Å². The lowest BCUT2D eigenvalue weighted by molar-refractivity contribution is -0.527. The van der Waals surface area contributed by atoms with Crippen molar-refractivity contribution in [3.8, 4) is 0 Å². The molecule has 0 amide bonds. The van der Waals surface area contributed by atoms with Crippen molar-refractivity contribution in [2.24, 2.45) is 0 Å². The van der Waals surface area contributed by atoms with Gasteiger partial charge in [0.15, 0.2) is 0 Å². The monoisotopic (exact) mass is 235 g/mol. The normalized spacial score (nSPS) is 11.5. The number of pyridine rings is 1. The molecular formula is C12H9BF3N. The molecular weight excluding hydrogens is 226 g/mol. The average molecular weight is 235 g/mol. The van der Waals surface area contributed by atoms with E-state index in [-0.39, 0.29) is 0 Å². The van der Waals surface area contributed by atoms with Gasteiger partial charge in [0.05, 0.1) is 5.56 Å². The highest BCUT2D eigenvalue weighted by Gasteiger charge is 2.29. The Labute approximate surface area is 97.8 Å². The number of halogens is 3. The minimum absolute atomic E-state index is 0.632. The van der Waals surface area contributed by atoms with Crippen LogP contribution < -0.4 is 9.94 Å². The number of hydrogen-bond acceptors (Lipinski definition) is 0. The average Bonchev–Trinajstić information content (AvgIpc) is 2.30. The summed E-state index contributed by atoms with van der Waals surface area (Å²) in [5.41, 5.74) is 0.0851. The van der Waals surface area contributed by atoms with Crippen molar-refractivity contribution in [1.82, 2.24) is 0 Å². The van der Waals surface area contributed by atoms with Crippen molar-refractivity contribution >= 4 is 12.9 Å². The molecule has 2 aromatic rings. The molecule has 0 N–H and O–H groups in total. The van der Waals surface area contributed by atoms with E-state index < -0.39 is 11.7 Å². The molecule has 0 aliphatic carbocycles. The number of rotatable bonds is 2. The van der Waals surface area contributed by atoms with Gasteiger partial charge in [-0.25, -0.2) is 0 Å². The van der Waals surface area contributed by atoms with E-state index in [1.165, 1.54) is 12.1 Å². The fraction of sp³-hybridized carbons (Fsp3) is 0.0833. The van der Waals surface area contributed by atoms with E-state index in [2.05, 4.69) is 0 Å². The van der Waals surface area contributed by atoms with Crippen LogP contribution in [0.25, 0.3) is 0 Å². The molecule has 0 unspecified atom stereocenters. The smallest absolute Gasteiger partial charge is 0.416 e. The summed E-state index contributed by atoms with van der Waals surface area (Å²) in [5, 5.41) is 0. The Morgan fingerprint density at radius 3 is 2.00 bits per heavy atom. The molecule has 1 aromatic carbocycles. The molecule has 1 nitrogen and oxygen atoms in total. The lowest BCUT2D eigenvalue weighted by atomic mass is 9.82. The predicted molar refractivity (Wildman–Crippen MR) is 58.9 cm³/mol. The van der Waals surface area contributed by atoms with Gasteiger partial charge in [-0.05, 0) is 12.1 Å². The summed E-state index contributed by atoms with van der Waals surface area (Å²) in [4.78, 5) is 0. The minimum atomic E-state index is -4.28. The maximum atomic E-state index is 12.3. The van der Waals surface area contributed by atoms with Gasteiger partial charge in [0, 0.05) is 0 Å². The number of hydrogen-bond donors (Lipinski definition) is 0. The van der Waals surface area contributed by atoms with E-state index in [1.54, 1.807) is 11.9 Å². The van der Waals surface area contributed by atoms with E-state index in [4.69, 9.17) is 0 Å². The Bertz CT molecular complexity index is 479. The quantitative estimate of drug-likeness (QED) is 0.698. The van der Waals surface area contributed by atoms with Crippen molar-refractivity contribution in [1.29, 1.82) is 0 Å². The third-order valence-corrected chi connectivity index (χ3v) is 2.27. The van der Waals surface area contributed by atoms with Gasteiger partial charge < -0.3 is 4.48 Å². The molecule has 0 saturated heterocycles. The maximum absolute atomic E-state index is 12.3. The zero-order valence-corrected chi connectivity index (χ0v) is 8.85. The number of benzene rings is 1. The molecule has 0 fully saturated rings. The molecule has 0 bridgehead atoms. The van der Waals surface area contributed by atoms with Gasteiger partial charge in [-0.1, -0.05) is 30.3 Å². The van der Waals surface area contributed by atoms with Crippen LogP contribution >= 0.6 is 0 Å². The summed E-state index contributed by atoms with van der Waals surface area (Å²) in [5.74, 6) is 0. The highest BCUT2D eigenvalue weighted by molar-refractivity contribution is 6.44. The fourth-order valence-corrected chi connectivity index (χ4v) is 1.43. The van der Waals surface area contributed by atoms with Gasteiger partial charge in [-0.3, -0.25) is 0 Å². The third kappa shape index (κ3) is 3.09. The predicted octanol–water partition coefficient (Wildman–Crippen LogP) is 1.79. The van der Waals surface area contributed by atoms with Crippen LogP contribution in [0.1, 0.15) is 5.56 Å². The van der Waals surface area contributed by atoms with Crippen molar-refractivity contribution in [2.45, 2.75) is 6.18 Å². The van der Waals surface area contributed by atoms with Crippen molar-refractivity contribution in [2.75, 3.05) is 0 Å². The Balaban J connectivity index is 2.14. The number of aromatic nitrogens is 1. The summed E-state index contributed by atoms with van der Waals surface area (Å²) in [6.07, 6.45) is -0.645. The van der Waals surface area contributed by atoms with Crippen LogP contribution in [-0.4, -0.2) is 7.41 Å². The molecule has 1 heterocycles. The molecule has 1 aromatic heterocycles. The molecule has 17 heavy (non-hydrogen) atoms. The Kier molecular flexibility index (Phi) is 3.18. The van der Waals surface area contributed by atoms with Crippen LogP contribution in [0.4, 0.5) is 13.2 Å². The lowest BCUT2D eigenvalue weighted by Crippen LogP contribution is -2.46. The van der Waals surface area contributed by atoms with Crippen molar-refractivity contribution in [3.63, 3.8) is 0 Å². The van der Waals surface area contributed by atoms with E-state index in [9.17, 15) is 13.2 Å². The second-order valence-electron chi connectivity index (χ2n) is 3.57. The number of alkyl halides is 3. The van der Waals surface area contributed by atoms with E-state index in [1.807, 2.05) is 30.6 Å². The van der Waals surface area contributed by atoms with E-state index >= 15 is 0 Å². The fourth-order valence-electron chi connectivity index (χ4n) is 1.43. The summed E-state index contributed by atoms with van der Waals surface area (Å²) >= 11 is 0. The molecule has 0 aliphatic heterocycles. The first-order chi connectivity index (χ1) is 8.05. The van der Waals surface area contributed by atoms with Gasteiger partial charge in [0.2, 0.25) is 0 Å². The molecule has 2 radical (unpaired) electrons. The summed E-state index contributed by atoms with van der Waals surface area (Å²) in [6, 6.07) is 10.6. The van der Waals surface area contributed by atoms with Crippen LogP contribution in [0, 0.1) is 0 Å². The van der Waals surface area contributed by atoms with Crippen molar-refractivity contribution in [3.05, 3.63) is 60.4 Å². The first kappa shape index (κ1) is 11.7. The zero-order valence-electron chi connectivity index (χ0n) is 8.85. The molecule has 2 rings (SSSR count). The van der Waals surface area contributed by atoms with Crippen LogP contribution in [-0.2, 0) is 6.18 Å². The van der Waals surface area contributed by atoms with Crippen LogP contribution in [0.5, 0.6) is 0 Å². The highest BCUT2D eigenvalue weighted by Crippen LogP contribution is 2.28. The summed E-state index contributed by atoms with van der Waals surface area (Å²) < 4.78 is 38.8. The molecule has 0 saturated carbocycles. The second-order valence-corrected chi connectivity index (χ2v) is 3.57. The standard InChI is InChI=1S/C12H9BF3N/c14-12(15,16)10-4-6-11(7-5-10)13-17-8-2-1-3-9-17/h1-9H. The van der Waals surface area contributed by atoms with Gasteiger partial charge in [0.25, 0.3) is 0 Å². The van der Waals surface area contributed by atoms with Gasteiger partial charge in [-0.2, -0.15) is 18.6 Å². The Hall–Kier alpha value is -1.78. The Morgan fingerprint density at radius 2 is 1.47 bits per heavy atom. The maximum Gasteiger partial charge on any atom is 0.416 e. The molecule has 0 spiro atoms. The van der Waals surface area contributed by atoms with Gasteiger partial charge in [0.1, 0.15) is 19.8 Å². The second kappa shape index (κ2) is 4.61. The SMILES string of the molecule is FC(F)(F)c1ccc([B-][n+]2ccccc2)cc1. The van der Waals surface area contributed by atoms with E-state index in [0.29, 0.717) is 5.46 Å². The topological polar surface area (TPSA) is 3.88 Å². The van der Waals surface area contributed by atoms with Crippen LogP contribution in [0.2, 0.25) is 0 Å². The molecule has 86 valence electrons. The molecule has 0 aliphatic rings. The van der Waals surface area contributed by atoms with Crippen molar-refractivity contribution < 1.29 is 17.6 Å². The first-order valence-corrected chi connectivity index (χ1v) is 5.03. The highest BCUT2D eigenvalue weighted by atomic mass is 19.4. The van der Waals surface area contributed by atoms with Gasteiger partial charge in [-0.15, -0.1) is 0 Å². The first-order valence-electron chi connectivity index (χ1n) is 5.03. The Morgan fingerprint density at radius 1 is 0.882 bits per heavy atom. The lowest BCUT2D eigenvalue weighted by Gasteiger charge is -2.12. The summed E-state index contributed by atoms with van der Waals surface area (Å²) in [6.45, 7) is 0. The number of nitrogens with zero attached hydrogens (tertiary/aromatic N) is 1. The largest absolute Gasteiger partial charge is 0.473 e. The minimum Gasteiger partial charge on any atom is -0.473 e. The molecule has 5 heteroatoms. The summed E-state index contributed by atoms with van der Waals surface area (Å²) in [7, 11) is 1.75. The van der Waals surface area contributed by atoms with Crippen LogP contribution in [0.15, 0.2) is 54.9 Å². The van der Waals surface area contributed by atoms with Crippen LogP contribution in [0.3, 0.4) is 0 Å².